The van der Waals surface area contributed by atoms with Crippen molar-refractivity contribution >= 4 is 23.1 Å². The van der Waals surface area contributed by atoms with E-state index in [1.807, 2.05) is 35.2 Å². The second-order valence-corrected chi connectivity index (χ2v) is 7.39. The molecule has 0 saturated heterocycles. The number of nitrogens with zero attached hydrogens (tertiary/aromatic N) is 3. The number of aromatic nitrogens is 3. The number of Topliss-reactive ketones (excluding diaryl/α,β-unsaturated/α-hetero) is 1. The predicted molar refractivity (Wildman–Crippen MR) is 93.6 cm³/mol. The smallest absolute Gasteiger partial charge is 0.226 e. The highest BCUT2D eigenvalue weighted by molar-refractivity contribution is 7.10. The Morgan fingerprint density at radius 2 is 2.24 bits per heavy atom. The minimum absolute atomic E-state index is 0.0632. The molecule has 2 atom stereocenters. The summed E-state index contributed by atoms with van der Waals surface area (Å²) < 4.78 is 7.38. The van der Waals surface area contributed by atoms with Crippen LogP contribution in [-0.2, 0) is 4.79 Å². The fourth-order valence-electron chi connectivity index (χ4n) is 3.75. The van der Waals surface area contributed by atoms with Crippen LogP contribution in [0.25, 0.3) is 0 Å². The average Bonchev–Trinajstić information content (AvgIpc) is 3.33. The second kappa shape index (κ2) is 5.42. The number of hydrogen-bond donors (Lipinski definition) is 1. The Kier molecular flexibility index (Phi) is 3.18. The van der Waals surface area contributed by atoms with Gasteiger partial charge in [-0.05, 0) is 36.9 Å². The highest BCUT2D eigenvalue weighted by atomic mass is 32.1. The number of rotatable bonds is 2. The molecule has 0 radical (unpaired) electrons. The van der Waals surface area contributed by atoms with Crippen LogP contribution < -0.4 is 5.32 Å². The lowest BCUT2D eigenvalue weighted by Gasteiger charge is -2.33. The van der Waals surface area contributed by atoms with E-state index in [0.29, 0.717) is 18.2 Å². The van der Waals surface area contributed by atoms with E-state index in [1.165, 1.54) is 0 Å². The highest BCUT2D eigenvalue weighted by Crippen LogP contribution is 2.44. The first-order chi connectivity index (χ1) is 12.2. The molecule has 0 spiro atoms. The van der Waals surface area contributed by atoms with E-state index >= 15 is 0 Å². The molecule has 1 aliphatic carbocycles. The number of anilines is 1. The third-order valence-electron chi connectivity index (χ3n) is 4.78. The minimum Gasteiger partial charge on any atom is -0.469 e. The SMILES string of the molecule is Cc1nc2n(n1)[C@@H](c1cccs1)C1=C(C[C@@H](c3ccco3)CC1=O)N2. The summed E-state index contributed by atoms with van der Waals surface area (Å²) >= 11 is 1.64. The van der Waals surface area contributed by atoms with Gasteiger partial charge in [-0.15, -0.1) is 11.3 Å². The van der Waals surface area contributed by atoms with Crippen molar-refractivity contribution in [3.05, 3.63) is 63.6 Å². The largest absolute Gasteiger partial charge is 0.469 e. The van der Waals surface area contributed by atoms with Crippen LogP contribution in [0.15, 0.2) is 51.6 Å². The van der Waals surface area contributed by atoms with Crippen molar-refractivity contribution in [3.63, 3.8) is 0 Å². The number of furan rings is 1. The van der Waals surface area contributed by atoms with Crippen molar-refractivity contribution in [3.8, 4) is 0 Å². The Morgan fingerprint density at radius 3 is 3.00 bits per heavy atom. The molecule has 25 heavy (non-hydrogen) atoms. The van der Waals surface area contributed by atoms with E-state index in [0.717, 1.165) is 28.3 Å². The number of aryl methyl sites for hydroxylation is 1. The number of ketones is 1. The van der Waals surface area contributed by atoms with Crippen LogP contribution in [0.4, 0.5) is 5.95 Å². The van der Waals surface area contributed by atoms with Crippen molar-refractivity contribution in [1.29, 1.82) is 0 Å². The van der Waals surface area contributed by atoms with Gasteiger partial charge in [0.25, 0.3) is 0 Å². The topological polar surface area (TPSA) is 73.0 Å². The third-order valence-corrected chi connectivity index (χ3v) is 5.71. The molecule has 2 aliphatic rings. The fraction of sp³-hybridized carbons (Fsp3) is 0.278. The molecule has 0 fully saturated rings. The second-order valence-electron chi connectivity index (χ2n) is 6.41. The molecule has 1 N–H and O–H groups in total. The Labute approximate surface area is 148 Å². The van der Waals surface area contributed by atoms with Crippen LogP contribution in [0.3, 0.4) is 0 Å². The van der Waals surface area contributed by atoms with Gasteiger partial charge in [0, 0.05) is 28.5 Å². The first-order valence-electron chi connectivity index (χ1n) is 8.24. The zero-order chi connectivity index (χ0) is 17.0. The zero-order valence-electron chi connectivity index (χ0n) is 13.6. The molecule has 3 aromatic rings. The molecule has 0 bridgehead atoms. The van der Waals surface area contributed by atoms with Crippen LogP contribution in [0, 0.1) is 6.92 Å². The third kappa shape index (κ3) is 2.26. The molecule has 6 nitrogen and oxygen atoms in total. The molecule has 0 aromatic carbocycles. The zero-order valence-corrected chi connectivity index (χ0v) is 14.4. The number of carbonyl (C=O) groups is 1. The predicted octanol–water partition coefficient (Wildman–Crippen LogP) is 3.66. The molecular weight excluding hydrogens is 336 g/mol. The summed E-state index contributed by atoms with van der Waals surface area (Å²) in [5.74, 6) is 2.46. The lowest BCUT2D eigenvalue weighted by atomic mass is 9.81. The van der Waals surface area contributed by atoms with Gasteiger partial charge in [-0.1, -0.05) is 6.07 Å². The van der Waals surface area contributed by atoms with Crippen LogP contribution in [0.5, 0.6) is 0 Å². The number of thiophene rings is 1. The van der Waals surface area contributed by atoms with E-state index in [9.17, 15) is 4.79 Å². The van der Waals surface area contributed by atoms with Gasteiger partial charge in [0.15, 0.2) is 5.78 Å². The number of hydrogen-bond acceptors (Lipinski definition) is 6. The number of nitrogens with one attached hydrogen (secondary N) is 1. The monoisotopic (exact) mass is 352 g/mol. The molecule has 3 aromatic heterocycles. The van der Waals surface area contributed by atoms with Crippen LogP contribution in [-0.4, -0.2) is 20.5 Å². The van der Waals surface area contributed by atoms with Crippen molar-refractivity contribution < 1.29 is 9.21 Å². The van der Waals surface area contributed by atoms with E-state index in [2.05, 4.69) is 21.5 Å². The standard InChI is InChI=1S/C18H16N4O2S/c1-10-19-18-20-12-8-11(14-4-2-6-24-14)9-13(23)16(12)17(22(18)21-10)15-5-3-7-25-15/h2-7,11,17H,8-9H2,1H3,(H,19,20,21)/t11-,17+/m1/s1. The number of fused-ring (bicyclic) bond motifs is 1. The summed E-state index contributed by atoms with van der Waals surface area (Å²) in [6.45, 7) is 1.87. The van der Waals surface area contributed by atoms with Gasteiger partial charge in [0.2, 0.25) is 5.95 Å². The van der Waals surface area contributed by atoms with Crippen molar-refractivity contribution in [2.75, 3.05) is 5.32 Å². The average molecular weight is 352 g/mol. The van der Waals surface area contributed by atoms with Gasteiger partial charge in [-0.25, -0.2) is 4.68 Å². The van der Waals surface area contributed by atoms with Crippen LogP contribution in [0.2, 0.25) is 0 Å². The van der Waals surface area contributed by atoms with E-state index in [1.54, 1.807) is 17.6 Å². The highest BCUT2D eigenvalue weighted by Gasteiger charge is 2.40. The molecule has 0 amide bonds. The van der Waals surface area contributed by atoms with E-state index < -0.39 is 0 Å². The van der Waals surface area contributed by atoms with Gasteiger partial charge >= 0.3 is 0 Å². The summed E-state index contributed by atoms with van der Waals surface area (Å²) in [5, 5.41) is 9.90. The number of allylic oxidation sites excluding steroid dienone is 2. The summed E-state index contributed by atoms with van der Waals surface area (Å²) in [7, 11) is 0. The quantitative estimate of drug-likeness (QED) is 0.762. The van der Waals surface area contributed by atoms with Crippen molar-refractivity contribution in [2.24, 2.45) is 0 Å². The van der Waals surface area contributed by atoms with Crippen molar-refractivity contribution in [1.82, 2.24) is 14.8 Å². The molecular formula is C18H16N4O2S. The lowest BCUT2D eigenvalue weighted by molar-refractivity contribution is -0.116. The first kappa shape index (κ1) is 14.7. The minimum atomic E-state index is -0.197. The molecule has 5 rings (SSSR count). The van der Waals surface area contributed by atoms with E-state index in [-0.39, 0.29) is 17.7 Å². The Balaban J connectivity index is 1.63. The lowest BCUT2D eigenvalue weighted by Crippen LogP contribution is -2.33. The molecule has 4 heterocycles. The van der Waals surface area contributed by atoms with E-state index in [4.69, 9.17) is 4.42 Å². The fourth-order valence-corrected chi connectivity index (χ4v) is 4.57. The van der Waals surface area contributed by atoms with Gasteiger partial charge in [-0.2, -0.15) is 10.1 Å². The van der Waals surface area contributed by atoms with Gasteiger partial charge in [0.1, 0.15) is 17.6 Å². The molecule has 0 saturated carbocycles. The first-order valence-corrected chi connectivity index (χ1v) is 9.12. The summed E-state index contributed by atoms with van der Waals surface area (Å²) in [6, 6.07) is 7.67. The Hall–Kier alpha value is -2.67. The molecule has 1 aliphatic heterocycles. The molecule has 126 valence electrons. The summed E-state index contributed by atoms with van der Waals surface area (Å²) in [6.07, 6.45) is 2.85. The summed E-state index contributed by atoms with van der Waals surface area (Å²) in [5.41, 5.74) is 1.75. The van der Waals surface area contributed by atoms with Gasteiger partial charge in [0.05, 0.1) is 6.26 Å². The Bertz CT molecular complexity index is 969. The number of carbonyl (C=O) groups excluding carboxylic acids is 1. The van der Waals surface area contributed by atoms with Crippen LogP contribution >= 0.6 is 11.3 Å². The maximum Gasteiger partial charge on any atom is 0.226 e. The maximum atomic E-state index is 13.1. The van der Waals surface area contributed by atoms with Gasteiger partial charge < -0.3 is 9.73 Å². The van der Waals surface area contributed by atoms with Gasteiger partial charge in [-0.3, -0.25) is 4.79 Å². The normalized spacial score (nSPS) is 22.5. The van der Waals surface area contributed by atoms with Crippen LogP contribution in [0.1, 0.15) is 41.3 Å². The Morgan fingerprint density at radius 1 is 1.32 bits per heavy atom. The summed E-state index contributed by atoms with van der Waals surface area (Å²) in [4.78, 5) is 18.7. The molecule has 0 unspecified atom stereocenters. The maximum absolute atomic E-state index is 13.1. The van der Waals surface area contributed by atoms with Crippen molar-refractivity contribution in [2.45, 2.75) is 31.7 Å². The molecule has 7 heteroatoms.